The number of rotatable bonds is 7. The van der Waals surface area contributed by atoms with E-state index in [4.69, 9.17) is 0 Å². The quantitative estimate of drug-likeness (QED) is 0.449. The Morgan fingerprint density at radius 3 is 2.91 bits per heavy atom. The van der Waals surface area contributed by atoms with Crippen LogP contribution in [-0.2, 0) is 11.2 Å². The van der Waals surface area contributed by atoms with Crippen LogP contribution >= 0.6 is 11.3 Å². The predicted molar refractivity (Wildman–Crippen MR) is 136 cm³/mol. The number of nitrogens with one attached hydrogen (secondary N) is 1. The van der Waals surface area contributed by atoms with Gasteiger partial charge in [0.2, 0.25) is 5.91 Å². The third kappa shape index (κ3) is 4.39. The molecule has 0 bridgehead atoms. The molecule has 3 aliphatic carbocycles. The largest absolute Gasteiger partial charge is 0.508 e. The SMILES string of the molecule is Cc1cnc(NC(=O)CC[C@@H]2CC(CCCO)[C@@]3(C)CCC4c5ccc(O)cc5CCC4C23)s1. The summed E-state index contributed by atoms with van der Waals surface area (Å²) < 4.78 is 0. The van der Waals surface area contributed by atoms with Gasteiger partial charge in [-0.1, -0.05) is 13.0 Å². The van der Waals surface area contributed by atoms with Gasteiger partial charge in [-0.3, -0.25) is 4.79 Å². The molecule has 2 fully saturated rings. The molecule has 2 aromatic rings. The van der Waals surface area contributed by atoms with Gasteiger partial charge in [0.1, 0.15) is 5.75 Å². The molecule has 3 aliphatic rings. The molecule has 0 saturated heterocycles. The molecule has 0 aliphatic heterocycles. The van der Waals surface area contributed by atoms with Gasteiger partial charge >= 0.3 is 0 Å². The Morgan fingerprint density at radius 1 is 1.29 bits per heavy atom. The highest BCUT2D eigenvalue weighted by Crippen LogP contribution is 2.66. The zero-order valence-corrected chi connectivity index (χ0v) is 21.2. The number of anilines is 1. The Kier molecular flexibility index (Phi) is 6.73. The van der Waals surface area contributed by atoms with Gasteiger partial charge in [0.05, 0.1) is 0 Å². The molecule has 34 heavy (non-hydrogen) atoms. The molecule has 5 nitrogen and oxygen atoms in total. The van der Waals surface area contributed by atoms with E-state index in [0.717, 1.165) is 30.6 Å². The van der Waals surface area contributed by atoms with Gasteiger partial charge in [0, 0.05) is 24.1 Å². The number of carbonyl (C=O) groups excluding carboxylic acids is 1. The highest BCUT2D eigenvalue weighted by atomic mass is 32.1. The number of thiazole rings is 1. The van der Waals surface area contributed by atoms with Gasteiger partial charge in [0.25, 0.3) is 0 Å². The summed E-state index contributed by atoms with van der Waals surface area (Å²) in [5.74, 6) is 3.45. The van der Waals surface area contributed by atoms with Crippen LogP contribution in [0.2, 0.25) is 0 Å². The number of aromatic hydroxyl groups is 1. The van der Waals surface area contributed by atoms with Gasteiger partial charge in [-0.25, -0.2) is 4.98 Å². The minimum Gasteiger partial charge on any atom is -0.508 e. The molecule has 5 rings (SSSR count). The van der Waals surface area contributed by atoms with E-state index in [1.54, 1.807) is 6.20 Å². The number of aliphatic hydroxyl groups excluding tert-OH is 1. The van der Waals surface area contributed by atoms with Gasteiger partial charge in [0.15, 0.2) is 5.13 Å². The molecular weight excluding hydrogens is 444 g/mol. The Labute approximate surface area is 207 Å². The van der Waals surface area contributed by atoms with Crippen molar-refractivity contribution in [3.05, 3.63) is 40.4 Å². The number of phenolic OH excluding ortho intramolecular Hbond substituents is 1. The fourth-order valence-corrected chi connectivity index (χ4v) is 8.67. The fraction of sp³-hybridized carbons (Fsp3) is 0.643. The van der Waals surface area contributed by atoms with Crippen LogP contribution in [0.4, 0.5) is 5.13 Å². The van der Waals surface area contributed by atoms with Crippen molar-refractivity contribution in [1.29, 1.82) is 0 Å². The van der Waals surface area contributed by atoms with Crippen LogP contribution in [0.15, 0.2) is 24.4 Å². The summed E-state index contributed by atoms with van der Waals surface area (Å²) in [5.41, 5.74) is 3.07. The van der Waals surface area contributed by atoms with E-state index in [0.29, 0.717) is 52.3 Å². The molecule has 6 heteroatoms. The zero-order chi connectivity index (χ0) is 23.9. The summed E-state index contributed by atoms with van der Waals surface area (Å²) >= 11 is 1.53. The highest BCUT2D eigenvalue weighted by molar-refractivity contribution is 7.15. The lowest BCUT2D eigenvalue weighted by Crippen LogP contribution is -2.44. The third-order valence-electron chi connectivity index (χ3n) is 9.35. The van der Waals surface area contributed by atoms with Crippen molar-refractivity contribution < 1.29 is 15.0 Å². The first kappa shape index (κ1) is 23.8. The number of aromatic nitrogens is 1. The van der Waals surface area contributed by atoms with E-state index < -0.39 is 0 Å². The van der Waals surface area contributed by atoms with E-state index in [2.05, 4.69) is 23.3 Å². The van der Waals surface area contributed by atoms with E-state index in [1.807, 2.05) is 19.1 Å². The lowest BCUT2D eigenvalue weighted by molar-refractivity contribution is -0.116. The van der Waals surface area contributed by atoms with Crippen molar-refractivity contribution in [2.24, 2.45) is 29.1 Å². The summed E-state index contributed by atoms with van der Waals surface area (Å²) in [6, 6.07) is 6.00. The van der Waals surface area contributed by atoms with E-state index in [9.17, 15) is 15.0 Å². The van der Waals surface area contributed by atoms with E-state index in [1.165, 1.54) is 48.1 Å². The van der Waals surface area contributed by atoms with Crippen molar-refractivity contribution in [2.45, 2.75) is 77.6 Å². The predicted octanol–water partition coefficient (Wildman–Crippen LogP) is 6.05. The fourth-order valence-electron chi connectivity index (χ4n) is 7.99. The molecule has 4 unspecified atom stereocenters. The number of hydrogen-bond donors (Lipinski definition) is 3. The van der Waals surface area contributed by atoms with Crippen molar-refractivity contribution in [2.75, 3.05) is 11.9 Å². The van der Waals surface area contributed by atoms with Crippen LogP contribution < -0.4 is 5.32 Å². The van der Waals surface area contributed by atoms with Crippen molar-refractivity contribution >= 4 is 22.4 Å². The number of amides is 1. The minimum absolute atomic E-state index is 0.0756. The van der Waals surface area contributed by atoms with Crippen LogP contribution in [0, 0.1) is 36.0 Å². The van der Waals surface area contributed by atoms with Crippen LogP contribution in [0.3, 0.4) is 0 Å². The van der Waals surface area contributed by atoms with Crippen molar-refractivity contribution in [3.8, 4) is 5.75 Å². The average molecular weight is 483 g/mol. The molecular formula is C28H38N2O3S. The first-order valence-electron chi connectivity index (χ1n) is 13.0. The Hall–Kier alpha value is -1.92. The number of benzene rings is 1. The van der Waals surface area contributed by atoms with Crippen molar-refractivity contribution in [1.82, 2.24) is 4.98 Å². The van der Waals surface area contributed by atoms with Crippen LogP contribution in [-0.4, -0.2) is 27.7 Å². The van der Waals surface area contributed by atoms with Gasteiger partial charge < -0.3 is 15.5 Å². The van der Waals surface area contributed by atoms with Crippen LogP contribution in [0.1, 0.15) is 80.2 Å². The molecule has 1 amide bonds. The molecule has 0 radical (unpaired) electrons. The van der Waals surface area contributed by atoms with E-state index in [-0.39, 0.29) is 12.5 Å². The topological polar surface area (TPSA) is 82.5 Å². The number of carbonyl (C=O) groups is 1. The maximum absolute atomic E-state index is 12.7. The Balaban J connectivity index is 1.35. The van der Waals surface area contributed by atoms with Crippen LogP contribution in [0.25, 0.3) is 0 Å². The Morgan fingerprint density at radius 2 is 2.15 bits per heavy atom. The van der Waals surface area contributed by atoms with Gasteiger partial charge in [-0.05, 0) is 117 Å². The lowest BCUT2D eigenvalue weighted by Gasteiger charge is -2.52. The molecule has 3 N–H and O–H groups in total. The smallest absolute Gasteiger partial charge is 0.226 e. The summed E-state index contributed by atoms with van der Waals surface area (Å²) in [5, 5.41) is 23.2. The number of phenols is 1. The molecule has 1 heterocycles. The van der Waals surface area contributed by atoms with E-state index >= 15 is 0 Å². The number of nitrogens with zero attached hydrogens (tertiary/aromatic N) is 1. The monoisotopic (exact) mass is 482 g/mol. The second-order valence-electron chi connectivity index (χ2n) is 11.2. The first-order chi connectivity index (χ1) is 16.4. The summed E-state index contributed by atoms with van der Waals surface area (Å²) in [4.78, 5) is 18.1. The number of hydrogen-bond acceptors (Lipinski definition) is 5. The van der Waals surface area contributed by atoms with Crippen LogP contribution in [0.5, 0.6) is 5.75 Å². The standard InChI is InChI=1S/C28H38N2O3S/c1-17-16-29-27(34-17)30-25(33)10-6-19-14-20(4-3-13-31)28(2)12-11-23-22-9-7-21(32)15-18(22)5-8-24(23)26(19)28/h7,9,15-16,19-20,23-24,26,31-32H,3-6,8,10-14H2,1-2H3,(H,29,30,33)/t19-,20?,23?,24?,26?,28-/m1/s1. The Bertz CT molecular complexity index is 1040. The summed E-state index contributed by atoms with van der Waals surface area (Å²) in [6.45, 7) is 4.78. The van der Waals surface area contributed by atoms with Gasteiger partial charge in [-0.15, -0.1) is 11.3 Å². The molecule has 2 saturated carbocycles. The second kappa shape index (κ2) is 9.62. The second-order valence-corrected chi connectivity index (χ2v) is 12.4. The summed E-state index contributed by atoms with van der Waals surface area (Å²) in [6.07, 6.45) is 11.1. The third-order valence-corrected chi connectivity index (χ3v) is 10.2. The molecule has 0 spiro atoms. The highest BCUT2D eigenvalue weighted by Gasteiger charge is 2.57. The summed E-state index contributed by atoms with van der Waals surface area (Å²) in [7, 11) is 0. The lowest BCUT2D eigenvalue weighted by atomic mass is 9.52. The van der Waals surface area contributed by atoms with Gasteiger partial charge in [-0.2, -0.15) is 0 Å². The number of aryl methyl sites for hydroxylation is 2. The molecule has 184 valence electrons. The maximum atomic E-state index is 12.7. The molecule has 1 aromatic heterocycles. The molecule has 6 atom stereocenters. The molecule has 1 aromatic carbocycles. The zero-order valence-electron chi connectivity index (χ0n) is 20.4. The first-order valence-corrected chi connectivity index (χ1v) is 13.9. The average Bonchev–Trinajstić information content (AvgIpc) is 3.35. The van der Waals surface area contributed by atoms with Crippen molar-refractivity contribution in [3.63, 3.8) is 0 Å². The number of fused-ring (bicyclic) bond motifs is 5. The minimum atomic E-state index is 0.0756. The maximum Gasteiger partial charge on any atom is 0.226 e. The number of aliphatic hydroxyl groups is 1. The normalized spacial score (nSPS) is 32.0.